The van der Waals surface area contributed by atoms with Gasteiger partial charge in [0, 0.05) is 20.3 Å². The predicted molar refractivity (Wildman–Crippen MR) is 99.9 cm³/mol. The van der Waals surface area contributed by atoms with Gasteiger partial charge < -0.3 is 4.42 Å². The molecule has 1 aliphatic carbocycles. The Bertz CT molecular complexity index is 944. The first-order valence-electron chi connectivity index (χ1n) is 8.00. The smallest absolute Gasteiger partial charge is 0.293 e. The summed E-state index contributed by atoms with van der Waals surface area (Å²) in [4.78, 5) is 18.5. The van der Waals surface area contributed by atoms with Gasteiger partial charge in [0.1, 0.15) is 5.58 Å². The molecule has 4 rings (SSSR count). The first kappa shape index (κ1) is 15.8. The van der Waals surface area contributed by atoms with Crippen molar-refractivity contribution in [2.45, 2.75) is 33.1 Å². The molecule has 3 aromatic rings. The van der Waals surface area contributed by atoms with Crippen LogP contribution in [0.2, 0.25) is 0 Å². The number of nitrogens with zero attached hydrogens (tertiary/aromatic N) is 1. The number of amides is 1. The molecule has 1 aromatic carbocycles. The fraction of sp³-hybridized carbons (Fsp3) is 0.333. The molecule has 1 N–H and O–H groups in total. The summed E-state index contributed by atoms with van der Waals surface area (Å²) in [5, 5.41) is 4.53. The number of benzene rings is 1. The van der Waals surface area contributed by atoms with Gasteiger partial charge in [-0.2, -0.15) is 0 Å². The van der Waals surface area contributed by atoms with Crippen LogP contribution in [0.4, 0.5) is 5.13 Å². The van der Waals surface area contributed by atoms with E-state index in [-0.39, 0.29) is 5.91 Å². The zero-order valence-electron chi connectivity index (χ0n) is 13.5. The number of hydrogen-bond acceptors (Lipinski definition) is 4. The Balaban J connectivity index is 1.62. The summed E-state index contributed by atoms with van der Waals surface area (Å²) < 4.78 is 6.70. The Morgan fingerprint density at radius 3 is 3.12 bits per heavy atom. The maximum atomic E-state index is 12.6. The maximum absolute atomic E-state index is 12.6. The van der Waals surface area contributed by atoms with Crippen LogP contribution in [0, 0.1) is 12.8 Å². The summed E-state index contributed by atoms with van der Waals surface area (Å²) in [7, 11) is 0. The van der Waals surface area contributed by atoms with Gasteiger partial charge in [-0.15, -0.1) is 11.3 Å². The SMILES string of the molecule is Cc1c(C(=O)Nc2nc3c(s2)CC(C)CC3)oc2cc(Br)ccc12. The third-order valence-electron chi connectivity index (χ3n) is 4.51. The molecular weight excluding hydrogens is 388 g/mol. The van der Waals surface area contributed by atoms with Gasteiger partial charge in [-0.05, 0) is 50.3 Å². The molecule has 2 aromatic heterocycles. The van der Waals surface area contributed by atoms with Crippen molar-refractivity contribution in [1.29, 1.82) is 0 Å². The van der Waals surface area contributed by atoms with E-state index in [9.17, 15) is 4.79 Å². The highest BCUT2D eigenvalue weighted by Crippen LogP contribution is 2.33. The monoisotopic (exact) mass is 404 g/mol. The summed E-state index contributed by atoms with van der Waals surface area (Å²) in [6.07, 6.45) is 3.23. The van der Waals surface area contributed by atoms with Crippen LogP contribution in [-0.4, -0.2) is 10.9 Å². The number of aromatic nitrogens is 1. The van der Waals surface area contributed by atoms with Gasteiger partial charge in [-0.3, -0.25) is 10.1 Å². The summed E-state index contributed by atoms with van der Waals surface area (Å²) in [6.45, 7) is 4.17. The second kappa shape index (κ2) is 6.01. The number of rotatable bonds is 2. The summed E-state index contributed by atoms with van der Waals surface area (Å²) in [6, 6.07) is 5.78. The molecular formula is C18H17BrN2O2S. The number of hydrogen-bond donors (Lipinski definition) is 1. The molecule has 0 fully saturated rings. The van der Waals surface area contributed by atoms with Gasteiger partial charge in [0.2, 0.25) is 0 Å². The van der Waals surface area contributed by atoms with Crippen molar-refractivity contribution >= 4 is 49.3 Å². The summed E-state index contributed by atoms with van der Waals surface area (Å²) in [5.74, 6) is 0.807. The summed E-state index contributed by atoms with van der Waals surface area (Å²) >= 11 is 5.01. The lowest BCUT2D eigenvalue weighted by Crippen LogP contribution is -2.12. The first-order chi connectivity index (χ1) is 11.5. The Hall–Kier alpha value is -1.66. The fourth-order valence-electron chi connectivity index (χ4n) is 3.16. The van der Waals surface area contributed by atoms with Crippen molar-refractivity contribution in [3.05, 3.63) is 44.6 Å². The van der Waals surface area contributed by atoms with E-state index in [2.05, 4.69) is 33.2 Å². The van der Waals surface area contributed by atoms with Crippen molar-refractivity contribution < 1.29 is 9.21 Å². The number of thiazole rings is 1. The largest absolute Gasteiger partial charge is 0.451 e. The predicted octanol–water partition coefficient (Wildman–Crippen LogP) is 5.34. The summed E-state index contributed by atoms with van der Waals surface area (Å²) in [5.41, 5.74) is 2.70. The lowest BCUT2D eigenvalue weighted by atomic mass is 9.93. The molecule has 0 aliphatic heterocycles. The third-order valence-corrected chi connectivity index (χ3v) is 6.04. The lowest BCUT2D eigenvalue weighted by molar-refractivity contribution is 0.0998. The average molecular weight is 405 g/mol. The second-order valence-electron chi connectivity index (χ2n) is 6.39. The van der Waals surface area contributed by atoms with E-state index in [0.717, 1.165) is 34.0 Å². The van der Waals surface area contributed by atoms with Crippen LogP contribution < -0.4 is 5.32 Å². The van der Waals surface area contributed by atoms with Gasteiger partial charge in [-0.25, -0.2) is 4.98 Å². The zero-order valence-corrected chi connectivity index (χ0v) is 15.9. The zero-order chi connectivity index (χ0) is 16.8. The molecule has 0 radical (unpaired) electrons. The molecule has 6 heteroatoms. The van der Waals surface area contributed by atoms with Crippen LogP contribution in [0.25, 0.3) is 11.0 Å². The highest BCUT2D eigenvalue weighted by Gasteiger charge is 2.23. The maximum Gasteiger partial charge on any atom is 0.293 e. The van der Waals surface area contributed by atoms with Crippen LogP contribution in [0.15, 0.2) is 27.1 Å². The molecule has 124 valence electrons. The minimum atomic E-state index is -0.237. The number of halogens is 1. The van der Waals surface area contributed by atoms with Crippen molar-refractivity contribution in [3.63, 3.8) is 0 Å². The molecule has 24 heavy (non-hydrogen) atoms. The molecule has 1 amide bonds. The fourth-order valence-corrected chi connectivity index (χ4v) is 4.67. The van der Waals surface area contributed by atoms with E-state index in [1.54, 1.807) is 11.3 Å². The number of carbonyl (C=O) groups is 1. The van der Waals surface area contributed by atoms with Gasteiger partial charge in [0.25, 0.3) is 5.91 Å². The number of fused-ring (bicyclic) bond motifs is 2. The molecule has 2 heterocycles. The molecule has 0 spiro atoms. The standard InChI is InChI=1S/C18H17BrN2O2S/c1-9-3-6-13-15(7-9)24-18(20-13)21-17(22)16-10(2)12-5-4-11(19)8-14(12)23-16/h4-5,8-9H,3,6-7H2,1-2H3,(H,20,21,22). The van der Waals surface area contributed by atoms with Gasteiger partial charge in [-0.1, -0.05) is 22.9 Å². The van der Waals surface area contributed by atoms with E-state index in [0.29, 0.717) is 22.4 Å². The van der Waals surface area contributed by atoms with Gasteiger partial charge in [0.05, 0.1) is 5.69 Å². The van der Waals surface area contributed by atoms with Crippen LogP contribution >= 0.6 is 27.3 Å². The molecule has 0 saturated carbocycles. The van der Waals surface area contributed by atoms with Crippen molar-refractivity contribution in [1.82, 2.24) is 4.98 Å². The first-order valence-corrected chi connectivity index (χ1v) is 9.61. The van der Waals surface area contributed by atoms with Crippen LogP contribution in [0.3, 0.4) is 0 Å². The average Bonchev–Trinajstić information content (AvgIpc) is 3.07. The van der Waals surface area contributed by atoms with E-state index in [1.165, 1.54) is 11.3 Å². The normalized spacial score (nSPS) is 17.0. The van der Waals surface area contributed by atoms with Crippen LogP contribution in [0.1, 0.15) is 40.0 Å². The van der Waals surface area contributed by atoms with E-state index < -0.39 is 0 Å². The Kier molecular flexibility index (Phi) is 3.96. The number of furan rings is 1. The van der Waals surface area contributed by atoms with Crippen molar-refractivity contribution in [2.24, 2.45) is 5.92 Å². The quantitative estimate of drug-likeness (QED) is 0.627. The number of carbonyl (C=O) groups excluding carboxylic acids is 1. The minimum Gasteiger partial charge on any atom is -0.451 e. The Morgan fingerprint density at radius 2 is 2.29 bits per heavy atom. The Morgan fingerprint density at radius 1 is 1.46 bits per heavy atom. The van der Waals surface area contributed by atoms with Crippen LogP contribution in [-0.2, 0) is 12.8 Å². The van der Waals surface area contributed by atoms with Crippen molar-refractivity contribution in [2.75, 3.05) is 5.32 Å². The highest BCUT2D eigenvalue weighted by atomic mass is 79.9. The van der Waals surface area contributed by atoms with E-state index in [4.69, 9.17) is 4.42 Å². The van der Waals surface area contributed by atoms with E-state index >= 15 is 0 Å². The van der Waals surface area contributed by atoms with Crippen molar-refractivity contribution in [3.8, 4) is 0 Å². The number of aryl methyl sites for hydroxylation is 2. The second-order valence-corrected chi connectivity index (χ2v) is 8.39. The molecule has 1 aliphatic rings. The van der Waals surface area contributed by atoms with Gasteiger partial charge in [0.15, 0.2) is 10.9 Å². The minimum absolute atomic E-state index is 0.237. The molecule has 1 unspecified atom stereocenters. The van der Waals surface area contributed by atoms with Gasteiger partial charge >= 0.3 is 0 Å². The van der Waals surface area contributed by atoms with Crippen LogP contribution in [0.5, 0.6) is 0 Å². The van der Waals surface area contributed by atoms with E-state index in [1.807, 2.05) is 25.1 Å². The molecule has 1 atom stereocenters. The lowest BCUT2D eigenvalue weighted by Gasteiger charge is -2.15. The molecule has 0 bridgehead atoms. The molecule has 4 nitrogen and oxygen atoms in total. The Labute approximate surface area is 152 Å². The number of anilines is 1. The molecule has 0 saturated heterocycles. The third kappa shape index (κ3) is 2.78. The highest BCUT2D eigenvalue weighted by molar-refractivity contribution is 9.10. The topological polar surface area (TPSA) is 55.1 Å². The number of nitrogens with one attached hydrogen (secondary N) is 1.